The molecule has 0 bridgehead atoms. The van der Waals surface area contributed by atoms with Gasteiger partial charge in [0.2, 0.25) is 0 Å². The number of carbonyl (C=O) groups is 1. The molecule has 104 heavy (non-hydrogen) atoms. The Morgan fingerprint density at radius 3 is 1.26 bits per heavy atom. The number of thiazole rings is 4. The predicted molar refractivity (Wildman–Crippen MR) is 400 cm³/mol. The summed E-state index contributed by atoms with van der Waals surface area (Å²) in [5.41, 5.74) is 20.6. The van der Waals surface area contributed by atoms with E-state index in [9.17, 15) is 44.2 Å². The summed E-state index contributed by atoms with van der Waals surface area (Å²) in [6.45, 7) is 8.63. The monoisotopic (exact) mass is 1560 g/mol. The predicted octanol–water partition coefficient (Wildman–Crippen LogP) is 6.59. The second kappa shape index (κ2) is 32.4. The van der Waals surface area contributed by atoms with Gasteiger partial charge < -0.3 is 40.2 Å². The fourth-order valence-electron chi connectivity index (χ4n) is 11.5. The number of aryl methyl sites for hydroxylation is 8. The fraction of sp³-hybridized carbons (Fsp3) is 0.182. The Balaban J connectivity index is 0.000000141. The maximum atomic E-state index is 12.9. The number of benzene rings is 4. The van der Waals surface area contributed by atoms with Crippen LogP contribution in [-0.2, 0) is 53.2 Å². The van der Waals surface area contributed by atoms with Gasteiger partial charge in [0, 0.05) is 97.0 Å². The van der Waals surface area contributed by atoms with Crippen molar-refractivity contribution in [2.24, 2.45) is 33.9 Å². The van der Waals surface area contributed by atoms with Crippen LogP contribution in [0, 0.1) is 59.4 Å². The average Bonchev–Trinajstić information content (AvgIpc) is 1.61. The number of fused-ring (bicyclic) bond motifs is 12. The van der Waals surface area contributed by atoms with Crippen molar-refractivity contribution in [3.8, 4) is 6.26 Å². The van der Waals surface area contributed by atoms with Crippen molar-refractivity contribution in [2.75, 3.05) is 11.1 Å². The van der Waals surface area contributed by atoms with Crippen LogP contribution in [0.25, 0.3) is 85.0 Å². The molecule has 6 N–H and O–H groups in total. The van der Waals surface area contributed by atoms with Gasteiger partial charge in [-0.3, -0.25) is 39.4 Å². The Morgan fingerprint density at radius 1 is 0.548 bits per heavy atom. The number of nitro benzene ring substituents is 2. The summed E-state index contributed by atoms with van der Waals surface area (Å²) < 4.78 is 15.4. The fourth-order valence-corrected chi connectivity index (χ4v) is 15.6. The number of nitrogens with zero attached hydrogens (tertiary/aromatic N) is 18. The van der Waals surface area contributed by atoms with E-state index in [1.54, 1.807) is 106 Å². The zero-order chi connectivity index (χ0) is 73.8. The molecule has 524 valence electrons. The van der Waals surface area contributed by atoms with Gasteiger partial charge in [-0.15, -0.1) is 45.3 Å². The summed E-state index contributed by atoms with van der Waals surface area (Å²) in [6, 6.07) is 26.7. The minimum atomic E-state index is -0.634. The van der Waals surface area contributed by atoms with Gasteiger partial charge in [-0.2, -0.15) is 20.4 Å². The number of nitrogens with one attached hydrogen (secondary N) is 2. The van der Waals surface area contributed by atoms with E-state index < -0.39 is 15.9 Å². The van der Waals surface area contributed by atoms with Gasteiger partial charge in [0.25, 0.3) is 33.6 Å². The van der Waals surface area contributed by atoms with Gasteiger partial charge in [-0.05, 0) is 74.2 Å². The first-order chi connectivity index (χ1) is 49.3. The van der Waals surface area contributed by atoms with E-state index in [0.29, 0.717) is 57.1 Å². The third-order valence-corrected chi connectivity index (χ3v) is 20.5. The topological polar surface area (TPSA) is 436 Å². The van der Waals surface area contributed by atoms with Crippen molar-refractivity contribution >= 4 is 175 Å². The third-order valence-electron chi connectivity index (χ3n) is 15.9. The normalized spacial score (nSPS) is 10.9. The SMILES string of the molecule is Cc1nc2c(s1)c1cn[nH]c(=O)c1n2C.Cc1nc2c(s1)c1cnn(Cc3cccc(N)c3)c(=O)c1n2C.Cc1nc2c(s1)c1cnn(Cc3cccc(NC(N)=O)c3)c(=O)c1n2C.Cc1nc2c(s1)c1cnn(Cc3cccc([N+](=O)[O-])c3)c(=O)c1n2C.N#C[O-].O=[N+]([O-])c1cccc(CBr)c1.[K+]. The Hall–Kier alpha value is -10.6. The molecule has 0 spiro atoms. The van der Waals surface area contributed by atoms with Crippen LogP contribution >= 0.6 is 61.3 Å². The van der Waals surface area contributed by atoms with Crippen molar-refractivity contribution in [3.05, 3.63) is 226 Å². The van der Waals surface area contributed by atoms with E-state index in [1.807, 2.05) is 106 Å². The first kappa shape index (κ1) is 76.0. The van der Waals surface area contributed by atoms with Crippen LogP contribution in [0.2, 0.25) is 0 Å². The zero-order valence-corrected chi connectivity index (χ0v) is 64.6. The molecule has 0 radical (unpaired) electrons. The number of amides is 2. The molecule has 4 aromatic carbocycles. The summed E-state index contributed by atoms with van der Waals surface area (Å²) in [4.78, 5) is 99.4. The van der Waals surface area contributed by atoms with Gasteiger partial charge in [0.15, 0.2) is 22.6 Å². The van der Waals surface area contributed by atoms with Crippen LogP contribution in [-0.4, -0.2) is 93.6 Å². The molecule has 0 fully saturated rings. The zero-order valence-electron chi connectivity index (χ0n) is 56.7. The Kier molecular flexibility index (Phi) is 23.7. The molecular formula is C66H58BrKN22O10S4. The summed E-state index contributed by atoms with van der Waals surface area (Å²) >= 11 is 9.48. The number of aromatic amines is 1. The number of alkyl halides is 1. The summed E-state index contributed by atoms with van der Waals surface area (Å²) in [5, 5.41) is 65.7. The van der Waals surface area contributed by atoms with Crippen molar-refractivity contribution in [3.63, 3.8) is 0 Å². The minimum absolute atomic E-state index is 0. The van der Waals surface area contributed by atoms with Crippen LogP contribution in [0.3, 0.4) is 0 Å². The smallest absolute Gasteiger partial charge is 0.812 e. The molecule has 0 saturated heterocycles. The number of non-ortho nitro benzene ring substituents is 2. The van der Waals surface area contributed by atoms with Crippen LogP contribution in [0.1, 0.15) is 42.3 Å². The Labute approximate surface area is 652 Å². The molecule has 0 atom stereocenters. The molecule has 32 nitrogen and oxygen atoms in total. The third kappa shape index (κ3) is 15.9. The number of nitriles is 1. The van der Waals surface area contributed by atoms with Crippen molar-refractivity contribution < 1.29 is 71.1 Å². The van der Waals surface area contributed by atoms with E-state index in [4.69, 9.17) is 21.8 Å². The number of H-pyrrole nitrogens is 1. The number of nitrogen functional groups attached to an aromatic ring is 1. The molecule has 16 rings (SSSR count). The molecule has 16 aromatic rings. The van der Waals surface area contributed by atoms with Crippen molar-refractivity contribution in [1.82, 2.24) is 77.7 Å². The van der Waals surface area contributed by atoms with Gasteiger partial charge >= 0.3 is 57.4 Å². The number of nitrogens with two attached hydrogens (primary N) is 2. The molecule has 12 aromatic heterocycles. The molecule has 0 aliphatic heterocycles. The van der Waals surface area contributed by atoms with Crippen LogP contribution < -0.4 is 95.5 Å². The van der Waals surface area contributed by atoms with E-state index in [1.165, 1.54) is 43.6 Å². The molecule has 2 amide bonds. The summed E-state index contributed by atoms with van der Waals surface area (Å²) in [7, 11) is 7.37. The number of anilines is 2. The van der Waals surface area contributed by atoms with Crippen LogP contribution in [0.4, 0.5) is 27.5 Å². The Bertz CT molecular complexity index is 6310. The van der Waals surface area contributed by atoms with E-state index in [0.717, 1.165) is 99.7 Å². The molecular weight excluding hydrogens is 1510 g/mol. The standard InChI is InChI=1S/C17H16N6O2S.C16H13N5O3S.C16H15N5OS.C9H8N4OS.C7H6BrNO2.CHNO.K/c1-9-20-15-14(26-9)12-7-19-23(16(24)13(12)22(15)2)8-10-4-3-5-11(6-10)21-17(18)25;1-9-18-15-14(25-9)12-7-17-20(16(22)13(12)19(15)2)8-10-4-3-5-11(6-10)21(23)24;1-9-19-15-14(23-9)12-7-18-21(16(22)13(12)20(15)2)8-10-4-3-5-11(17)6-10;1-4-11-8-7(15-4)5-3-10-12-9(14)6(5)13(8)2;8-5-6-2-1-3-7(4-6)9(10)11;2-1-3;/h3-7H,8H2,1-2H3,(H3,18,21,25);3-7H,8H2,1-2H3;3-7H,8,17H2,1-2H3;3H,1-2H3,(H,12,14);1-4H,5H2;3H;/q;;;;;;+1/p-1. The number of hydrogen-bond acceptors (Lipinski definition) is 24. The molecule has 0 aliphatic rings. The Morgan fingerprint density at radius 2 is 0.885 bits per heavy atom. The van der Waals surface area contributed by atoms with Gasteiger partial charge in [-0.25, -0.2) is 49.1 Å². The first-order valence-electron chi connectivity index (χ1n) is 30.6. The number of urea groups is 1. The second-order valence-electron chi connectivity index (χ2n) is 22.9. The molecule has 0 saturated carbocycles. The molecule has 0 aliphatic carbocycles. The minimum Gasteiger partial charge on any atom is -0.812 e. The van der Waals surface area contributed by atoms with E-state index >= 15 is 0 Å². The number of nitro groups is 2. The van der Waals surface area contributed by atoms with Crippen LogP contribution in [0.5, 0.6) is 0 Å². The maximum Gasteiger partial charge on any atom is 1.00 e. The maximum absolute atomic E-state index is 12.9. The molecule has 12 heterocycles. The van der Waals surface area contributed by atoms with E-state index in [2.05, 4.69) is 66.7 Å². The summed E-state index contributed by atoms with van der Waals surface area (Å²) in [5.74, 6) is 0. The van der Waals surface area contributed by atoms with Crippen molar-refractivity contribution in [2.45, 2.75) is 52.7 Å². The van der Waals surface area contributed by atoms with Gasteiger partial charge in [-0.1, -0.05) is 64.5 Å². The number of aromatic nitrogens is 16. The van der Waals surface area contributed by atoms with Gasteiger partial charge in [0.1, 0.15) is 22.1 Å². The largest absolute Gasteiger partial charge is 1.00 e. The number of rotatable bonds is 10. The van der Waals surface area contributed by atoms with Gasteiger partial charge in [0.05, 0.1) is 93.1 Å². The molecule has 38 heteroatoms. The number of halogens is 1. The number of hydrogen-bond donors (Lipinski definition) is 4. The van der Waals surface area contributed by atoms with Crippen LogP contribution in [0.15, 0.2) is 141 Å². The molecule has 0 unspecified atom stereocenters. The summed E-state index contributed by atoms with van der Waals surface area (Å²) in [6.07, 6.45) is 7.30. The van der Waals surface area contributed by atoms with E-state index in [-0.39, 0.29) is 98.1 Å². The average molecular weight is 1570 g/mol. The second-order valence-corrected chi connectivity index (χ2v) is 28.2. The quantitative estimate of drug-likeness (QED) is 0.0280. The number of carbonyl (C=O) groups excluding carboxylic acids is 1. The first-order valence-corrected chi connectivity index (χ1v) is 34.9. The van der Waals surface area contributed by atoms with Crippen molar-refractivity contribution in [1.29, 1.82) is 5.26 Å². The number of primary amides is 1.